The fourth-order valence-electron chi connectivity index (χ4n) is 3.27. The minimum atomic E-state index is 0.361. The van der Waals surface area contributed by atoms with E-state index in [0.717, 1.165) is 60.8 Å². The van der Waals surface area contributed by atoms with E-state index in [1.165, 1.54) is 0 Å². The Labute approximate surface area is 141 Å². The molecule has 124 valence electrons. The minimum Gasteiger partial charge on any atom is -0.354 e. The van der Waals surface area contributed by atoms with E-state index in [1.54, 1.807) is 6.33 Å². The van der Waals surface area contributed by atoms with Crippen molar-refractivity contribution in [1.29, 1.82) is 0 Å². The predicted octanol–water partition coefficient (Wildman–Crippen LogP) is 3.00. The van der Waals surface area contributed by atoms with Crippen molar-refractivity contribution in [2.75, 3.05) is 23.3 Å². The van der Waals surface area contributed by atoms with Crippen LogP contribution in [0.25, 0.3) is 11.0 Å². The highest BCUT2D eigenvalue weighted by molar-refractivity contribution is 5.77. The number of para-hydroxylation sites is 2. The lowest BCUT2D eigenvalue weighted by Crippen LogP contribution is -2.42. The first-order valence-corrected chi connectivity index (χ1v) is 8.59. The number of imidazole rings is 1. The van der Waals surface area contributed by atoms with E-state index < -0.39 is 0 Å². The summed E-state index contributed by atoms with van der Waals surface area (Å²) < 4.78 is 0. The van der Waals surface area contributed by atoms with Crippen LogP contribution < -0.4 is 10.2 Å². The van der Waals surface area contributed by atoms with Crippen molar-refractivity contribution >= 4 is 22.8 Å². The molecule has 1 unspecified atom stereocenters. The van der Waals surface area contributed by atoms with Crippen LogP contribution >= 0.6 is 0 Å². The van der Waals surface area contributed by atoms with Gasteiger partial charge in [0.1, 0.15) is 12.1 Å². The van der Waals surface area contributed by atoms with E-state index >= 15 is 0 Å². The molecule has 4 rings (SSSR count). The molecule has 0 radical (unpaired) electrons. The molecule has 3 aromatic rings. The van der Waals surface area contributed by atoms with Crippen LogP contribution in [0, 0.1) is 0 Å². The molecular weight excluding hydrogens is 300 g/mol. The van der Waals surface area contributed by atoms with Crippen molar-refractivity contribution in [2.45, 2.75) is 32.2 Å². The Balaban J connectivity index is 1.48. The number of hydrogen-bond donors (Lipinski definition) is 2. The zero-order valence-electron chi connectivity index (χ0n) is 13.9. The Hall–Kier alpha value is -2.63. The lowest BCUT2D eigenvalue weighted by Gasteiger charge is -2.33. The molecule has 2 N–H and O–H groups in total. The average molecular weight is 322 g/mol. The van der Waals surface area contributed by atoms with Gasteiger partial charge < -0.3 is 15.2 Å². The lowest BCUT2D eigenvalue weighted by molar-refractivity contribution is 0.524. The molecule has 0 aliphatic carbocycles. The summed E-state index contributed by atoms with van der Waals surface area (Å²) in [5, 5.41) is 3.55. The van der Waals surface area contributed by atoms with Gasteiger partial charge in [0.25, 0.3) is 0 Å². The third-order valence-corrected chi connectivity index (χ3v) is 4.55. The van der Waals surface area contributed by atoms with Crippen molar-refractivity contribution in [3.8, 4) is 0 Å². The fourth-order valence-corrected chi connectivity index (χ4v) is 3.27. The van der Waals surface area contributed by atoms with Crippen molar-refractivity contribution in [3.63, 3.8) is 0 Å². The van der Waals surface area contributed by atoms with E-state index in [4.69, 9.17) is 0 Å². The monoisotopic (exact) mass is 322 g/mol. The number of nitrogens with one attached hydrogen (secondary N) is 2. The number of fused-ring (bicyclic) bond motifs is 1. The van der Waals surface area contributed by atoms with Gasteiger partial charge in [-0.3, -0.25) is 0 Å². The van der Waals surface area contributed by atoms with Gasteiger partial charge in [-0.1, -0.05) is 19.1 Å². The van der Waals surface area contributed by atoms with Gasteiger partial charge in [0.2, 0.25) is 5.95 Å². The van der Waals surface area contributed by atoms with Crippen LogP contribution in [0.15, 0.2) is 36.7 Å². The van der Waals surface area contributed by atoms with Gasteiger partial charge in [-0.05, 0) is 31.4 Å². The van der Waals surface area contributed by atoms with Crippen LogP contribution in [0.5, 0.6) is 0 Å². The molecule has 1 atom stereocenters. The van der Waals surface area contributed by atoms with Gasteiger partial charge in [0, 0.05) is 30.9 Å². The number of aryl methyl sites for hydroxylation is 1. The highest BCUT2D eigenvalue weighted by Gasteiger charge is 2.22. The number of anilines is 2. The molecule has 1 aliphatic heterocycles. The Morgan fingerprint density at radius 1 is 1.29 bits per heavy atom. The molecule has 2 aromatic heterocycles. The van der Waals surface area contributed by atoms with Crippen LogP contribution in [-0.2, 0) is 6.42 Å². The number of aromatic nitrogens is 4. The van der Waals surface area contributed by atoms with Gasteiger partial charge in [-0.15, -0.1) is 0 Å². The molecule has 0 amide bonds. The van der Waals surface area contributed by atoms with Crippen LogP contribution in [0.2, 0.25) is 0 Å². The van der Waals surface area contributed by atoms with Gasteiger partial charge in [-0.2, -0.15) is 0 Å². The number of nitrogens with zero attached hydrogens (tertiary/aromatic N) is 4. The largest absolute Gasteiger partial charge is 0.354 e. The summed E-state index contributed by atoms with van der Waals surface area (Å²) in [4.78, 5) is 19.1. The third-order valence-electron chi connectivity index (χ3n) is 4.55. The third kappa shape index (κ3) is 3.04. The Kier molecular flexibility index (Phi) is 4.02. The second-order valence-corrected chi connectivity index (χ2v) is 6.25. The number of piperidine rings is 1. The molecule has 3 heterocycles. The molecule has 0 saturated carbocycles. The molecule has 6 nitrogen and oxygen atoms in total. The quantitative estimate of drug-likeness (QED) is 0.773. The maximum atomic E-state index is 4.62. The Bertz CT molecular complexity index is 794. The predicted molar refractivity (Wildman–Crippen MR) is 96.4 cm³/mol. The lowest BCUT2D eigenvalue weighted by atomic mass is 10.1. The zero-order valence-corrected chi connectivity index (χ0v) is 13.9. The van der Waals surface area contributed by atoms with Gasteiger partial charge in [0.05, 0.1) is 11.0 Å². The smallest absolute Gasteiger partial charge is 0.201 e. The maximum absolute atomic E-state index is 4.62. The first-order valence-electron chi connectivity index (χ1n) is 8.59. The topological polar surface area (TPSA) is 69.7 Å². The van der Waals surface area contributed by atoms with E-state index in [0.29, 0.717) is 6.04 Å². The first-order chi connectivity index (χ1) is 11.8. The molecule has 0 bridgehead atoms. The molecule has 1 fully saturated rings. The molecule has 6 heteroatoms. The Morgan fingerprint density at radius 2 is 2.21 bits per heavy atom. The van der Waals surface area contributed by atoms with Crippen LogP contribution in [0.1, 0.15) is 25.5 Å². The number of hydrogen-bond acceptors (Lipinski definition) is 5. The molecule has 1 aliphatic rings. The van der Waals surface area contributed by atoms with Crippen LogP contribution in [0.4, 0.5) is 11.8 Å². The second-order valence-electron chi connectivity index (χ2n) is 6.25. The van der Waals surface area contributed by atoms with E-state index in [2.05, 4.69) is 43.1 Å². The summed E-state index contributed by atoms with van der Waals surface area (Å²) in [6.45, 7) is 4.09. The van der Waals surface area contributed by atoms with Crippen molar-refractivity contribution in [3.05, 3.63) is 42.4 Å². The summed E-state index contributed by atoms with van der Waals surface area (Å²) in [5.74, 6) is 1.87. The molecule has 1 aromatic carbocycles. The minimum absolute atomic E-state index is 0.361. The SMILES string of the molecule is CCc1cc(N2CCCC(Nc3nc4ccccc4[nH]3)C2)ncn1. The average Bonchev–Trinajstić information content (AvgIpc) is 3.04. The molecular formula is C18H22N6. The summed E-state index contributed by atoms with van der Waals surface area (Å²) >= 11 is 0. The summed E-state index contributed by atoms with van der Waals surface area (Å²) in [6.07, 6.45) is 4.89. The van der Waals surface area contributed by atoms with Crippen molar-refractivity contribution < 1.29 is 0 Å². The molecule has 1 saturated heterocycles. The fraction of sp³-hybridized carbons (Fsp3) is 0.389. The number of H-pyrrole nitrogens is 1. The summed E-state index contributed by atoms with van der Waals surface area (Å²) in [6, 6.07) is 10.6. The highest BCUT2D eigenvalue weighted by Crippen LogP contribution is 2.21. The van der Waals surface area contributed by atoms with Crippen molar-refractivity contribution in [2.24, 2.45) is 0 Å². The van der Waals surface area contributed by atoms with Gasteiger partial charge >= 0.3 is 0 Å². The number of aromatic amines is 1. The number of benzene rings is 1. The molecule has 24 heavy (non-hydrogen) atoms. The van der Waals surface area contributed by atoms with E-state index in [9.17, 15) is 0 Å². The second kappa shape index (κ2) is 6.47. The van der Waals surface area contributed by atoms with Gasteiger partial charge in [0.15, 0.2) is 0 Å². The highest BCUT2D eigenvalue weighted by atomic mass is 15.2. The van der Waals surface area contributed by atoms with Crippen LogP contribution in [-0.4, -0.2) is 39.1 Å². The summed E-state index contributed by atoms with van der Waals surface area (Å²) in [5.41, 5.74) is 3.15. The summed E-state index contributed by atoms with van der Waals surface area (Å²) in [7, 11) is 0. The van der Waals surface area contributed by atoms with E-state index in [1.807, 2.05) is 24.3 Å². The number of rotatable bonds is 4. The first kappa shape index (κ1) is 14.9. The maximum Gasteiger partial charge on any atom is 0.201 e. The van der Waals surface area contributed by atoms with Crippen LogP contribution in [0.3, 0.4) is 0 Å². The molecule has 0 spiro atoms. The van der Waals surface area contributed by atoms with Crippen molar-refractivity contribution in [1.82, 2.24) is 19.9 Å². The normalized spacial score (nSPS) is 18.0. The Morgan fingerprint density at radius 3 is 3.08 bits per heavy atom. The zero-order chi connectivity index (χ0) is 16.4. The van der Waals surface area contributed by atoms with Gasteiger partial charge in [-0.25, -0.2) is 15.0 Å². The standard InChI is InChI=1S/C18H22N6/c1-2-13-10-17(20-12-19-13)24-9-5-6-14(11-24)21-18-22-15-7-3-4-8-16(15)23-18/h3-4,7-8,10,12,14H,2,5-6,9,11H2,1H3,(H2,21,22,23). The van der Waals surface area contributed by atoms with E-state index in [-0.39, 0.29) is 0 Å².